The Morgan fingerprint density at radius 2 is 2.31 bits per heavy atom. The van der Waals surface area contributed by atoms with E-state index >= 15 is 0 Å². The monoisotopic (exact) mass is 236 g/mol. The van der Waals surface area contributed by atoms with Gasteiger partial charge in [-0.1, -0.05) is 6.07 Å². The minimum absolute atomic E-state index is 0.280. The van der Waals surface area contributed by atoms with Crippen LogP contribution in [0.5, 0.6) is 0 Å². The minimum Gasteiger partial charge on any atom is -0.312 e. The van der Waals surface area contributed by atoms with E-state index in [1.54, 1.807) is 17.5 Å². The highest BCUT2D eigenvalue weighted by Gasteiger charge is 1.96. The van der Waals surface area contributed by atoms with Crippen molar-refractivity contribution < 1.29 is 4.39 Å². The van der Waals surface area contributed by atoms with Crippen molar-refractivity contribution in [3.63, 3.8) is 0 Å². The third kappa shape index (κ3) is 3.40. The van der Waals surface area contributed by atoms with Crippen molar-refractivity contribution in [3.8, 4) is 0 Å². The Kier molecular flexibility index (Phi) is 4.02. The number of hydrogen-bond donors (Lipinski definition) is 1. The van der Waals surface area contributed by atoms with Crippen molar-refractivity contribution in [2.24, 2.45) is 0 Å². The van der Waals surface area contributed by atoms with Crippen LogP contribution in [0, 0.1) is 5.82 Å². The van der Waals surface area contributed by atoms with Gasteiger partial charge in [0.2, 0.25) is 0 Å². The number of halogens is 1. The number of nitrogens with zero attached hydrogens (tertiary/aromatic N) is 1. The SMILES string of the molecule is Fc1cncc(CNCCc2cccs2)c1. The quantitative estimate of drug-likeness (QED) is 0.807. The highest BCUT2D eigenvalue weighted by molar-refractivity contribution is 7.09. The zero-order valence-electron chi connectivity index (χ0n) is 8.82. The van der Waals surface area contributed by atoms with E-state index < -0.39 is 0 Å². The van der Waals surface area contributed by atoms with Crippen LogP contribution in [0.2, 0.25) is 0 Å². The van der Waals surface area contributed by atoms with Gasteiger partial charge in [-0.3, -0.25) is 4.98 Å². The fourth-order valence-corrected chi connectivity index (χ4v) is 2.16. The zero-order valence-corrected chi connectivity index (χ0v) is 9.64. The lowest BCUT2D eigenvalue weighted by Gasteiger charge is -2.03. The highest BCUT2D eigenvalue weighted by Crippen LogP contribution is 2.08. The van der Waals surface area contributed by atoms with Gasteiger partial charge in [-0.15, -0.1) is 11.3 Å². The second-order valence-electron chi connectivity index (χ2n) is 3.52. The van der Waals surface area contributed by atoms with E-state index in [4.69, 9.17) is 0 Å². The molecule has 0 saturated heterocycles. The number of hydrogen-bond acceptors (Lipinski definition) is 3. The molecule has 0 aliphatic carbocycles. The van der Waals surface area contributed by atoms with Crippen LogP contribution in [0.25, 0.3) is 0 Å². The fourth-order valence-electron chi connectivity index (χ4n) is 1.45. The van der Waals surface area contributed by atoms with E-state index in [2.05, 4.69) is 27.8 Å². The first-order valence-corrected chi connectivity index (χ1v) is 6.05. The zero-order chi connectivity index (χ0) is 11.2. The Morgan fingerprint density at radius 3 is 3.06 bits per heavy atom. The van der Waals surface area contributed by atoms with E-state index in [9.17, 15) is 4.39 Å². The second-order valence-corrected chi connectivity index (χ2v) is 4.55. The molecule has 0 radical (unpaired) electrons. The average Bonchev–Trinajstić information content (AvgIpc) is 2.77. The van der Waals surface area contributed by atoms with Gasteiger partial charge in [0.25, 0.3) is 0 Å². The van der Waals surface area contributed by atoms with Gasteiger partial charge in [0.15, 0.2) is 0 Å². The molecular weight excluding hydrogens is 223 g/mol. The van der Waals surface area contributed by atoms with Gasteiger partial charge in [0.1, 0.15) is 5.82 Å². The van der Waals surface area contributed by atoms with Gasteiger partial charge < -0.3 is 5.32 Å². The minimum atomic E-state index is -0.280. The summed E-state index contributed by atoms with van der Waals surface area (Å²) in [6.45, 7) is 1.56. The molecule has 0 aliphatic heterocycles. The number of thiophene rings is 1. The maximum Gasteiger partial charge on any atom is 0.141 e. The molecule has 2 heterocycles. The van der Waals surface area contributed by atoms with E-state index in [0.29, 0.717) is 6.54 Å². The van der Waals surface area contributed by atoms with Crippen molar-refractivity contribution >= 4 is 11.3 Å². The molecule has 1 N–H and O–H groups in total. The average molecular weight is 236 g/mol. The summed E-state index contributed by atoms with van der Waals surface area (Å²) in [7, 11) is 0. The molecule has 0 spiro atoms. The third-order valence-electron chi connectivity index (χ3n) is 2.22. The molecule has 2 aromatic heterocycles. The standard InChI is InChI=1S/C12H13FN2S/c13-11-6-10(8-15-9-11)7-14-4-3-12-2-1-5-16-12/h1-2,5-6,8-9,14H,3-4,7H2. The smallest absolute Gasteiger partial charge is 0.141 e. The molecule has 0 amide bonds. The summed E-state index contributed by atoms with van der Waals surface area (Å²) in [5.74, 6) is -0.280. The van der Waals surface area contributed by atoms with Crippen LogP contribution in [0.1, 0.15) is 10.4 Å². The maximum atomic E-state index is 12.8. The Bertz CT molecular complexity index is 428. The molecule has 2 aromatic rings. The molecule has 16 heavy (non-hydrogen) atoms. The van der Waals surface area contributed by atoms with Crippen LogP contribution in [-0.4, -0.2) is 11.5 Å². The maximum absolute atomic E-state index is 12.8. The van der Waals surface area contributed by atoms with Gasteiger partial charge in [-0.25, -0.2) is 4.39 Å². The molecule has 0 unspecified atom stereocenters. The Hall–Kier alpha value is -1.26. The van der Waals surface area contributed by atoms with Crippen molar-refractivity contribution in [2.45, 2.75) is 13.0 Å². The van der Waals surface area contributed by atoms with Crippen LogP contribution >= 0.6 is 11.3 Å². The van der Waals surface area contributed by atoms with Crippen molar-refractivity contribution in [1.82, 2.24) is 10.3 Å². The van der Waals surface area contributed by atoms with Gasteiger partial charge in [0.05, 0.1) is 6.20 Å². The van der Waals surface area contributed by atoms with Crippen molar-refractivity contribution in [3.05, 3.63) is 52.2 Å². The molecule has 0 atom stereocenters. The lowest BCUT2D eigenvalue weighted by molar-refractivity contribution is 0.613. The topological polar surface area (TPSA) is 24.9 Å². The van der Waals surface area contributed by atoms with Crippen LogP contribution in [0.3, 0.4) is 0 Å². The molecule has 0 aliphatic rings. The largest absolute Gasteiger partial charge is 0.312 e. The Morgan fingerprint density at radius 1 is 1.38 bits per heavy atom. The van der Waals surface area contributed by atoms with Crippen LogP contribution in [-0.2, 0) is 13.0 Å². The predicted octanol–water partition coefficient (Wildman–Crippen LogP) is 2.61. The molecule has 2 nitrogen and oxygen atoms in total. The number of aromatic nitrogens is 1. The third-order valence-corrected chi connectivity index (χ3v) is 3.16. The first-order chi connectivity index (χ1) is 7.84. The van der Waals surface area contributed by atoms with Crippen LogP contribution in [0.4, 0.5) is 4.39 Å². The predicted molar refractivity (Wildman–Crippen MR) is 63.9 cm³/mol. The summed E-state index contributed by atoms with van der Waals surface area (Å²) < 4.78 is 12.8. The van der Waals surface area contributed by atoms with Crippen LogP contribution < -0.4 is 5.32 Å². The van der Waals surface area contributed by atoms with Crippen LogP contribution in [0.15, 0.2) is 36.0 Å². The molecule has 0 bridgehead atoms. The summed E-state index contributed by atoms with van der Waals surface area (Å²) >= 11 is 1.76. The summed E-state index contributed by atoms with van der Waals surface area (Å²) in [5, 5.41) is 5.34. The normalized spacial score (nSPS) is 10.6. The molecule has 2 rings (SSSR count). The molecule has 0 fully saturated rings. The lowest BCUT2D eigenvalue weighted by atomic mass is 10.2. The summed E-state index contributed by atoms with van der Waals surface area (Å²) in [6, 6.07) is 5.68. The number of pyridine rings is 1. The van der Waals surface area contributed by atoms with Gasteiger partial charge in [0, 0.05) is 24.2 Å². The van der Waals surface area contributed by atoms with Gasteiger partial charge in [-0.05, 0) is 29.5 Å². The fraction of sp³-hybridized carbons (Fsp3) is 0.250. The first-order valence-electron chi connectivity index (χ1n) is 5.17. The lowest BCUT2D eigenvalue weighted by Crippen LogP contribution is -2.16. The van der Waals surface area contributed by atoms with E-state index in [1.807, 2.05) is 0 Å². The van der Waals surface area contributed by atoms with E-state index in [1.165, 1.54) is 17.1 Å². The molecular formula is C12H13FN2S. The second kappa shape index (κ2) is 5.72. The summed E-state index contributed by atoms with van der Waals surface area (Å²) in [5.41, 5.74) is 0.881. The summed E-state index contributed by atoms with van der Waals surface area (Å²) in [4.78, 5) is 5.17. The molecule has 4 heteroatoms. The Labute approximate surface area is 98.2 Å². The van der Waals surface area contributed by atoms with Crippen molar-refractivity contribution in [2.75, 3.05) is 6.54 Å². The molecule has 0 saturated carbocycles. The van der Waals surface area contributed by atoms with E-state index in [0.717, 1.165) is 18.5 Å². The molecule has 84 valence electrons. The number of rotatable bonds is 5. The highest BCUT2D eigenvalue weighted by atomic mass is 32.1. The first kappa shape index (κ1) is 11.2. The Balaban J connectivity index is 1.72. The van der Waals surface area contributed by atoms with E-state index in [-0.39, 0.29) is 5.82 Å². The molecule has 0 aromatic carbocycles. The van der Waals surface area contributed by atoms with Crippen molar-refractivity contribution in [1.29, 1.82) is 0 Å². The van der Waals surface area contributed by atoms with Gasteiger partial charge >= 0.3 is 0 Å². The summed E-state index contributed by atoms with van der Waals surface area (Å²) in [6.07, 6.45) is 3.91. The van der Waals surface area contributed by atoms with Gasteiger partial charge in [-0.2, -0.15) is 0 Å². The number of nitrogens with one attached hydrogen (secondary N) is 1.